The van der Waals surface area contributed by atoms with Crippen LogP contribution >= 0.6 is 34.0 Å². The first kappa shape index (κ1) is 16.1. The summed E-state index contributed by atoms with van der Waals surface area (Å²) in [7, 11) is 0. The van der Waals surface area contributed by atoms with Gasteiger partial charge in [-0.15, -0.1) is 34.0 Å². The van der Waals surface area contributed by atoms with E-state index < -0.39 is 0 Å². The number of halogens is 2. The standard InChI is InChI=1S/C13H19N.2BrH/c1-3-7-13(8-4-1)9-12-14-10-5-2-6-11-14;;/h1,3-4,7-8H,2,5-6,9-12H2;2*1H. The number of hydrogen-bond acceptors (Lipinski definition) is 1. The molecule has 0 saturated carbocycles. The van der Waals surface area contributed by atoms with E-state index in [1.807, 2.05) is 0 Å². The third kappa shape index (κ3) is 5.46. The molecule has 0 amide bonds. The van der Waals surface area contributed by atoms with Crippen molar-refractivity contribution in [2.24, 2.45) is 0 Å². The van der Waals surface area contributed by atoms with E-state index in [0.717, 1.165) is 0 Å². The monoisotopic (exact) mass is 349 g/mol. The first-order valence-electron chi connectivity index (χ1n) is 5.71. The van der Waals surface area contributed by atoms with Crippen molar-refractivity contribution in [1.82, 2.24) is 4.90 Å². The van der Waals surface area contributed by atoms with Gasteiger partial charge >= 0.3 is 0 Å². The minimum Gasteiger partial charge on any atom is -0.303 e. The van der Waals surface area contributed by atoms with Crippen LogP contribution in [0, 0.1) is 0 Å². The van der Waals surface area contributed by atoms with Crippen molar-refractivity contribution in [2.75, 3.05) is 19.6 Å². The van der Waals surface area contributed by atoms with Crippen LogP contribution in [0.25, 0.3) is 0 Å². The van der Waals surface area contributed by atoms with Crippen LogP contribution in [0.5, 0.6) is 0 Å². The third-order valence-corrected chi connectivity index (χ3v) is 3.01. The SMILES string of the molecule is Br.Br.c1ccc(CCN2CCCCC2)cc1. The summed E-state index contributed by atoms with van der Waals surface area (Å²) >= 11 is 0. The second kappa shape index (κ2) is 9.20. The van der Waals surface area contributed by atoms with Crippen molar-refractivity contribution < 1.29 is 0 Å². The Morgan fingerprint density at radius 3 is 2.12 bits per heavy atom. The molecule has 1 aromatic rings. The van der Waals surface area contributed by atoms with E-state index in [0.29, 0.717) is 0 Å². The summed E-state index contributed by atoms with van der Waals surface area (Å²) in [6, 6.07) is 10.8. The van der Waals surface area contributed by atoms with Crippen molar-refractivity contribution >= 4 is 34.0 Å². The van der Waals surface area contributed by atoms with Crippen LogP contribution in [0.2, 0.25) is 0 Å². The number of nitrogens with zero attached hydrogens (tertiary/aromatic N) is 1. The third-order valence-electron chi connectivity index (χ3n) is 3.01. The molecule has 0 N–H and O–H groups in total. The molecule has 3 heteroatoms. The predicted octanol–water partition coefficient (Wildman–Crippen LogP) is 3.87. The summed E-state index contributed by atoms with van der Waals surface area (Å²) in [4.78, 5) is 2.59. The molecule has 1 saturated heterocycles. The molecule has 1 heterocycles. The van der Waals surface area contributed by atoms with Crippen LogP contribution in [-0.4, -0.2) is 24.5 Å². The lowest BCUT2D eigenvalue weighted by Crippen LogP contribution is -2.31. The Morgan fingerprint density at radius 1 is 0.875 bits per heavy atom. The molecule has 0 spiro atoms. The van der Waals surface area contributed by atoms with E-state index in [9.17, 15) is 0 Å². The van der Waals surface area contributed by atoms with Crippen LogP contribution in [0.15, 0.2) is 30.3 Å². The Hall–Kier alpha value is 0.140. The fourth-order valence-electron chi connectivity index (χ4n) is 2.11. The Bertz CT molecular complexity index is 258. The van der Waals surface area contributed by atoms with E-state index in [2.05, 4.69) is 35.2 Å². The zero-order valence-electron chi connectivity index (χ0n) is 9.60. The molecule has 2 rings (SSSR count). The summed E-state index contributed by atoms with van der Waals surface area (Å²) in [5.74, 6) is 0. The highest BCUT2D eigenvalue weighted by Crippen LogP contribution is 2.09. The molecule has 16 heavy (non-hydrogen) atoms. The Labute approximate surface area is 120 Å². The highest BCUT2D eigenvalue weighted by Gasteiger charge is 2.08. The zero-order chi connectivity index (χ0) is 9.64. The summed E-state index contributed by atoms with van der Waals surface area (Å²) in [5.41, 5.74) is 1.47. The average Bonchev–Trinajstić information content (AvgIpc) is 2.29. The van der Waals surface area contributed by atoms with Crippen LogP contribution in [-0.2, 0) is 6.42 Å². The summed E-state index contributed by atoms with van der Waals surface area (Å²) in [5, 5.41) is 0. The Balaban J connectivity index is 0.00000112. The minimum atomic E-state index is 0. The van der Waals surface area contributed by atoms with Crippen molar-refractivity contribution in [3.8, 4) is 0 Å². The molecule has 1 aromatic carbocycles. The van der Waals surface area contributed by atoms with Gasteiger partial charge < -0.3 is 4.90 Å². The molecule has 0 radical (unpaired) electrons. The van der Waals surface area contributed by atoms with Gasteiger partial charge in [0.2, 0.25) is 0 Å². The van der Waals surface area contributed by atoms with Gasteiger partial charge in [-0.1, -0.05) is 36.8 Å². The first-order valence-corrected chi connectivity index (χ1v) is 5.71. The van der Waals surface area contributed by atoms with E-state index >= 15 is 0 Å². The molecule has 0 aliphatic carbocycles. The van der Waals surface area contributed by atoms with Gasteiger partial charge in [0.1, 0.15) is 0 Å². The number of rotatable bonds is 3. The summed E-state index contributed by atoms with van der Waals surface area (Å²) in [6.45, 7) is 3.86. The zero-order valence-corrected chi connectivity index (χ0v) is 13.0. The smallest absolute Gasteiger partial charge is 0.00218 e. The highest BCUT2D eigenvalue weighted by molar-refractivity contribution is 8.93. The van der Waals surface area contributed by atoms with Gasteiger partial charge in [0.15, 0.2) is 0 Å². The Kier molecular flexibility index (Phi) is 9.28. The number of benzene rings is 1. The van der Waals surface area contributed by atoms with Crippen molar-refractivity contribution in [3.63, 3.8) is 0 Å². The second-order valence-corrected chi connectivity index (χ2v) is 4.14. The van der Waals surface area contributed by atoms with Gasteiger partial charge in [0.05, 0.1) is 0 Å². The van der Waals surface area contributed by atoms with Gasteiger partial charge in [-0.25, -0.2) is 0 Å². The molecule has 1 fully saturated rings. The van der Waals surface area contributed by atoms with E-state index in [1.54, 1.807) is 0 Å². The maximum absolute atomic E-state index is 2.59. The second-order valence-electron chi connectivity index (χ2n) is 4.14. The van der Waals surface area contributed by atoms with Crippen LogP contribution < -0.4 is 0 Å². The molecule has 0 atom stereocenters. The number of piperidine rings is 1. The Morgan fingerprint density at radius 2 is 1.50 bits per heavy atom. The van der Waals surface area contributed by atoms with Crippen LogP contribution in [0.1, 0.15) is 24.8 Å². The number of hydrogen-bond donors (Lipinski definition) is 0. The van der Waals surface area contributed by atoms with Gasteiger partial charge in [0, 0.05) is 6.54 Å². The molecular formula is C13H21Br2N. The lowest BCUT2D eigenvalue weighted by atomic mass is 10.1. The quantitative estimate of drug-likeness (QED) is 0.799. The fourth-order valence-corrected chi connectivity index (χ4v) is 2.11. The molecule has 0 unspecified atom stereocenters. The normalized spacial score (nSPS) is 16.0. The lowest BCUT2D eigenvalue weighted by Gasteiger charge is -2.26. The van der Waals surface area contributed by atoms with Gasteiger partial charge in [0.25, 0.3) is 0 Å². The molecule has 0 bridgehead atoms. The fraction of sp³-hybridized carbons (Fsp3) is 0.538. The molecule has 1 nitrogen and oxygen atoms in total. The van der Waals surface area contributed by atoms with E-state index in [1.165, 1.54) is 50.9 Å². The van der Waals surface area contributed by atoms with Crippen molar-refractivity contribution in [1.29, 1.82) is 0 Å². The molecule has 1 aliphatic rings. The molecule has 0 aromatic heterocycles. The van der Waals surface area contributed by atoms with E-state index in [-0.39, 0.29) is 34.0 Å². The van der Waals surface area contributed by atoms with Crippen molar-refractivity contribution in [2.45, 2.75) is 25.7 Å². The molecule has 1 aliphatic heterocycles. The average molecular weight is 351 g/mol. The summed E-state index contributed by atoms with van der Waals surface area (Å²) in [6.07, 6.45) is 5.44. The highest BCUT2D eigenvalue weighted by atomic mass is 79.9. The first-order chi connectivity index (χ1) is 6.95. The largest absolute Gasteiger partial charge is 0.303 e. The molecular weight excluding hydrogens is 330 g/mol. The van der Waals surface area contributed by atoms with E-state index in [4.69, 9.17) is 0 Å². The van der Waals surface area contributed by atoms with Crippen molar-refractivity contribution in [3.05, 3.63) is 35.9 Å². The predicted molar refractivity (Wildman–Crippen MR) is 81.1 cm³/mol. The minimum absolute atomic E-state index is 0. The lowest BCUT2D eigenvalue weighted by molar-refractivity contribution is 0.231. The maximum Gasteiger partial charge on any atom is 0.00218 e. The van der Waals surface area contributed by atoms with Crippen LogP contribution in [0.3, 0.4) is 0 Å². The topological polar surface area (TPSA) is 3.24 Å². The summed E-state index contributed by atoms with van der Waals surface area (Å²) < 4.78 is 0. The number of likely N-dealkylation sites (tertiary alicyclic amines) is 1. The maximum atomic E-state index is 2.59. The van der Waals surface area contributed by atoms with Gasteiger partial charge in [-0.3, -0.25) is 0 Å². The van der Waals surface area contributed by atoms with Gasteiger partial charge in [-0.05, 0) is 37.9 Å². The van der Waals surface area contributed by atoms with Crippen LogP contribution in [0.4, 0.5) is 0 Å². The molecule has 92 valence electrons. The van der Waals surface area contributed by atoms with Gasteiger partial charge in [-0.2, -0.15) is 0 Å².